The molecule has 1 aliphatic heterocycles. The normalized spacial score (nSPS) is 22.1. The molecular formula is C15H22N2O2. The summed E-state index contributed by atoms with van der Waals surface area (Å²) in [5.41, 5.74) is 8.28. The number of aryl methyl sites for hydroxylation is 1. The average molecular weight is 262 g/mol. The molecular weight excluding hydrogens is 240 g/mol. The molecule has 1 aromatic carbocycles. The van der Waals surface area contributed by atoms with Crippen molar-refractivity contribution in [1.29, 1.82) is 0 Å². The second-order valence-electron chi connectivity index (χ2n) is 5.39. The summed E-state index contributed by atoms with van der Waals surface area (Å²) in [6.07, 6.45) is 3.06. The van der Waals surface area contributed by atoms with Gasteiger partial charge in [-0.1, -0.05) is 36.2 Å². The van der Waals surface area contributed by atoms with Crippen LogP contribution in [0.25, 0.3) is 0 Å². The molecule has 2 rings (SSSR count). The monoisotopic (exact) mass is 262 g/mol. The van der Waals surface area contributed by atoms with Crippen molar-refractivity contribution in [1.82, 2.24) is 4.90 Å². The van der Waals surface area contributed by atoms with Crippen molar-refractivity contribution in [3.63, 3.8) is 0 Å². The zero-order valence-electron chi connectivity index (χ0n) is 11.4. The van der Waals surface area contributed by atoms with Gasteiger partial charge < -0.3 is 10.8 Å². The standard InChI is InChI=1S/C15H22N2O2/c1-11-5-4-6-12(9-11)10-17-8-3-2-7-13(17)14(16)15(18)19/h4-6,9,13-14H,2-3,7-8,10,16H2,1H3,(H,18,19). The molecule has 3 N–H and O–H groups in total. The lowest BCUT2D eigenvalue weighted by atomic mass is 9.95. The van der Waals surface area contributed by atoms with Gasteiger partial charge in [0.15, 0.2) is 0 Å². The van der Waals surface area contributed by atoms with Gasteiger partial charge in [0.05, 0.1) is 0 Å². The molecule has 0 aromatic heterocycles. The Morgan fingerprint density at radius 2 is 2.32 bits per heavy atom. The minimum Gasteiger partial charge on any atom is -0.480 e. The second-order valence-corrected chi connectivity index (χ2v) is 5.39. The smallest absolute Gasteiger partial charge is 0.322 e. The van der Waals surface area contributed by atoms with Crippen molar-refractivity contribution in [2.24, 2.45) is 5.73 Å². The van der Waals surface area contributed by atoms with Crippen LogP contribution in [-0.4, -0.2) is 34.6 Å². The van der Waals surface area contributed by atoms with Crippen LogP contribution in [0.15, 0.2) is 24.3 Å². The number of hydrogen-bond donors (Lipinski definition) is 2. The zero-order valence-corrected chi connectivity index (χ0v) is 11.4. The maximum absolute atomic E-state index is 11.1. The highest BCUT2D eigenvalue weighted by Crippen LogP contribution is 2.22. The maximum atomic E-state index is 11.1. The van der Waals surface area contributed by atoms with E-state index < -0.39 is 12.0 Å². The predicted octanol–water partition coefficient (Wildman–Crippen LogP) is 1.76. The lowest BCUT2D eigenvalue weighted by Crippen LogP contribution is -2.53. The minimum absolute atomic E-state index is 0.0493. The van der Waals surface area contributed by atoms with Gasteiger partial charge in [-0.25, -0.2) is 0 Å². The van der Waals surface area contributed by atoms with E-state index >= 15 is 0 Å². The van der Waals surface area contributed by atoms with Crippen molar-refractivity contribution in [2.45, 2.75) is 44.8 Å². The molecule has 2 unspecified atom stereocenters. The fraction of sp³-hybridized carbons (Fsp3) is 0.533. The van der Waals surface area contributed by atoms with Crippen LogP contribution in [-0.2, 0) is 11.3 Å². The number of carboxylic acids is 1. The molecule has 104 valence electrons. The summed E-state index contributed by atoms with van der Waals surface area (Å²) in [5.74, 6) is -0.902. The first-order valence-corrected chi connectivity index (χ1v) is 6.86. The quantitative estimate of drug-likeness (QED) is 0.867. The van der Waals surface area contributed by atoms with Crippen LogP contribution in [0.5, 0.6) is 0 Å². The molecule has 1 aromatic rings. The molecule has 0 spiro atoms. The molecule has 1 heterocycles. The van der Waals surface area contributed by atoms with E-state index in [0.29, 0.717) is 0 Å². The SMILES string of the molecule is Cc1cccc(CN2CCCCC2C(N)C(=O)O)c1. The van der Waals surface area contributed by atoms with E-state index in [-0.39, 0.29) is 6.04 Å². The van der Waals surface area contributed by atoms with Crippen LogP contribution in [0.1, 0.15) is 30.4 Å². The van der Waals surface area contributed by atoms with Crippen molar-refractivity contribution >= 4 is 5.97 Å². The molecule has 4 nitrogen and oxygen atoms in total. The third kappa shape index (κ3) is 3.55. The minimum atomic E-state index is -0.902. The maximum Gasteiger partial charge on any atom is 0.322 e. The average Bonchev–Trinajstić information content (AvgIpc) is 2.38. The van der Waals surface area contributed by atoms with Gasteiger partial charge in [-0.2, -0.15) is 0 Å². The van der Waals surface area contributed by atoms with Crippen LogP contribution in [0.2, 0.25) is 0 Å². The van der Waals surface area contributed by atoms with Crippen molar-refractivity contribution in [2.75, 3.05) is 6.54 Å². The Labute approximate surface area is 114 Å². The Balaban J connectivity index is 2.09. The highest BCUT2D eigenvalue weighted by Gasteiger charge is 2.31. The Morgan fingerprint density at radius 1 is 1.53 bits per heavy atom. The number of rotatable bonds is 4. The van der Waals surface area contributed by atoms with E-state index in [2.05, 4.69) is 30.0 Å². The van der Waals surface area contributed by atoms with Crippen molar-refractivity contribution < 1.29 is 9.90 Å². The highest BCUT2D eigenvalue weighted by molar-refractivity contribution is 5.74. The Bertz CT molecular complexity index is 448. The van der Waals surface area contributed by atoms with Crippen LogP contribution in [0.3, 0.4) is 0 Å². The van der Waals surface area contributed by atoms with E-state index in [4.69, 9.17) is 10.8 Å². The van der Waals surface area contributed by atoms with Crippen molar-refractivity contribution in [3.8, 4) is 0 Å². The van der Waals surface area contributed by atoms with Gasteiger partial charge in [0.25, 0.3) is 0 Å². The van der Waals surface area contributed by atoms with Gasteiger partial charge in [-0.3, -0.25) is 9.69 Å². The van der Waals surface area contributed by atoms with E-state index in [0.717, 1.165) is 32.4 Å². The topological polar surface area (TPSA) is 66.6 Å². The fourth-order valence-electron chi connectivity index (χ4n) is 2.83. The summed E-state index contributed by atoms with van der Waals surface area (Å²) in [5, 5.41) is 9.11. The van der Waals surface area contributed by atoms with Gasteiger partial charge in [0, 0.05) is 12.6 Å². The van der Waals surface area contributed by atoms with E-state index in [9.17, 15) is 4.79 Å². The number of nitrogens with two attached hydrogens (primary N) is 1. The molecule has 1 saturated heterocycles. The molecule has 2 atom stereocenters. The number of nitrogens with zero attached hydrogens (tertiary/aromatic N) is 1. The van der Waals surface area contributed by atoms with Crippen molar-refractivity contribution in [3.05, 3.63) is 35.4 Å². The second kappa shape index (κ2) is 6.17. The molecule has 19 heavy (non-hydrogen) atoms. The third-order valence-corrected chi connectivity index (χ3v) is 3.83. The van der Waals surface area contributed by atoms with Crippen LogP contribution >= 0.6 is 0 Å². The number of likely N-dealkylation sites (tertiary alicyclic amines) is 1. The van der Waals surface area contributed by atoms with E-state index in [1.807, 2.05) is 6.07 Å². The fourth-order valence-corrected chi connectivity index (χ4v) is 2.83. The molecule has 0 bridgehead atoms. The highest BCUT2D eigenvalue weighted by atomic mass is 16.4. The van der Waals surface area contributed by atoms with Gasteiger partial charge in [-0.15, -0.1) is 0 Å². The number of benzene rings is 1. The Hall–Kier alpha value is -1.39. The van der Waals surface area contributed by atoms with E-state index in [1.54, 1.807) is 0 Å². The summed E-state index contributed by atoms with van der Waals surface area (Å²) < 4.78 is 0. The largest absolute Gasteiger partial charge is 0.480 e. The summed E-state index contributed by atoms with van der Waals surface area (Å²) in [7, 11) is 0. The lowest BCUT2D eigenvalue weighted by Gasteiger charge is -2.37. The molecule has 1 aliphatic rings. The van der Waals surface area contributed by atoms with E-state index in [1.165, 1.54) is 11.1 Å². The number of aliphatic carboxylic acids is 1. The molecule has 0 amide bonds. The summed E-state index contributed by atoms with van der Waals surface area (Å²) in [6, 6.07) is 7.51. The Morgan fingerprint density at radius 3 is 3.00 bits per heavy atom. The number of piperidine rings is 1. The lowest BCUT2D eigenvalue weighted by molar-refractivity contribution is -0.140. The zero-order chi connectivity index (χ0) is 13.8. The van der Waals surface area contributed by atoms with Gasteiger partial charge >= 0.3 is 5.97 Å². The van der Waals surface area contributed by atoms with Gasteiger partial charge in [-0.05, 0) is 31.9 Å². The number of hydrogen-bond acceptors (Lipinski definition) is 3. The first-order valence-electron chi connectivity index (χ1n) is 6.86. The number of carbonyl (C=O) groups is 1. The summed E-state index contributed by atoms with van der Waals surface area (Å²) in [6.45, 7) is 3.78. The summed E-state index contributed by atoms with van der Waals surface area (Å²) >= 11 is 0. The van der Waals surface area contributed by atoms with Crippen LogP contribution in [0, 0.1) is 6.92 Å². The van der Waals surface area contributed by atoms with Gasteiger partial charge in [0.2, 0.25) is 0 Å². The molecule has 0 aliphatic carbocycles. The molecule has 0 saturated carbocycles. The summed E-state index contributed by atoms with van der Waals surface area (Å²) in [4.78, 5) is 13.3. The first-order chi connectivity index (χ1) is 9.08. The first kappa shape index (κ1) is 14.0. The predicted molar refractivity (Wildman–Crippen MR) is 74.8 cm³/mol. The molecule has 0 radical (unpaired) electrons. The Kier molecular flexibility index (Phi) is 4.56. The van der Waals surface area contributed by atoms with Crippen LogP contribution in [0.4, 0.5) is 0 Å². The van der Waals surface area contributed by atoms with Gasteiger partial charge in [0.1, 0.15) is 6.04 Å². The van der Waals surface area contributed by atoms with Crippen LogP contribution < -0.4 is 5.73 Å². The third-order valence-electron chi connectivity index (χ3n) is 3.83. The number of carboxylic acid groups (broad SMARTS) is 1. The molecule has 4 heteroatoms. The molecule has 1 fully saturated rings.